The first-order chi connectivity index (χ1) is 11.1. The number of nitrogens with one attached hydrogen (secondary N) is 2. The molecule has 2 aromatic rings. The Morgan fingerprint density at radius 1 is 1.42 bits per heavy atom. The third kappa shape index (κ3) is 3.18. The van der Waals surface area contributed by atoms with Gasteiger partial charge in [-0.05, 0) is 25.7 Å². The Balaban J connectivity index is 0.00000169. The normalized spacial score (nSPS) is 20.8. The standard InChI is InChI=1S/C16H20ClN5O.ClH/c17-11-6-19-15-13(14(11)22-5-1-2-10(18)8-22)12(7-20-15)21-16(23)9-3-4-9;/h6-7,9-10H,1-5,8,18H2,(H,19,20)(H,21,23);1H. The highest BCUT2D eigenvalue weighted by atomic mass is 35.5. The van der Waals surface area contributed by atoms with E-state index in [2.05, 4.69) is 20.2 Å². The van der Waals surface area contributed by atoms with Crippen molar-refractivity contribution in [1.82, 2.24) is 9.97 Å². The van der Waals surface area contributed by atoms with Crippen molar-refractivity contribution in [3.05, 3.63) is 17.4 Å². The molecule has 0 radical (unpaired) electrons. The molecular formula is C16H21Cl2N5O. The van der Waals surface area contributed by atoms with Crippen molar-refractivity contribution >= 4 is 52.3 Å². The van der Waals surface area contributed by atoms with Gasteiger partial charge in [-0.25, -0.2) is 4.98 Å². The van der Waals surface area contributed by atoms with Crippen LogP contribution in [-0.2, 0) is 4.79 Å². The van der Waals surface area contributed by atoms with Crippen LogP contribution in [0.2, 0.25) is 5.02 Å². The summed E-state index contributed by atoms with van der Waals surface area (Å²) in [5.74, 6) is 0.228. The van der Waals surface area contributed by atoms with Gasteiger partial charge in [0.25, 0.3) is 0 Å². The van der Waals surface area contributed by atoms with Gasteiger partial charge >= 0.3 is 0 Å². The number of carbonyl (C=O) groups is 1. The van der Waals surface area contributed by atoms with E-state index in [1.54, 1.807) is 12.4 Å². The third-order valence-corrected chi connectivity index (χ3v) is 4.89. The van der Waals surface area contributed by atoms with E-state index in [4.69, 9.17) is 17.3 Å². The van der Waals surface area contributed by atoms with Crippen molar-refractivity contribution < 1.29 is 4.79 Å². The average Bonchev–Trinajstić information content (AvgIpc) is 3.31. The van der Waals surface area contributed by atoms with Gasteiger partial charge in [0.2, 0.25) is 5.91 Å². The van der Waals surface area contributed by atoms with Crippen LogP contribution in [0.4, 0.5) is 11.4 Å². The predicted molar refractivity (Wildman–Crippen MR) is 99.1 cm³/mol. The number of nitrogens with zero attached hydrogens (tertiary/aromatic N) is 2. The summed E-state index contributed by atoms with van der Waals surface area (Å²) in [6.07, 6.45) is 7.46. The van der Waals surface area contributed by atoms with E-state index < -0.39 is 0 Å². The Morgan fingerprint density at radius 3 is 2.92 bits per heavy atom. The summed E-state index contributed by atoms with van der Waals surface area (Å²) in [5.41, 5.74) is 8.52. The van der Waals surface area contributed by atoms with Gasteiger partial charge in [-0.3, -0.25) is 4.79 Å². The largest absolute Gasteiger partial charge is 0.368 e. The number of hydrogen-bond donors (Lipinski definition) is 3. The highest BCUT2D eigenvalue weighted by molar-refractivity contribution is 6.35. The molecule has 1 aliphatic heterocycles. The molecule has 1 saturated carbocycles. The lowest BCUT2D eigenvalue weighted by Crippen LogP contribution is -2.43. The van der Waals surface area contributed by atoms with E-state index in [1.807, 2.05) is 0 Å². The number of halogens is 2. The van der Waals surface area contributed by atoms with Gasteiger partial charge in [-0.1, -0.05) is 11.6 Å². The van der Waals surface area contributed by atoms with Crippen LogP contribution >= 0.6 is 24.0 Å². The highest BCUT2D eigenvalue weighted by Crippen LogP contribution is 2.39. The summed E-state index contributed by atoms with van der Waals surface area (Å²) < 4.78 is 0. The van der Waals surface area contributed by atoms with E-state index in [0.717, 1.165) is 61.2 Å². The molecule has 8 heteroatoms. The summed E-state index contributed by atoms with van der Waals surface area (Å²) in [6.45, 7) is 1.67. The number of pyridine rings is 1. The second-order valence-electron chi connectivity index (χ2n) is 6.49. The minimum atomic E-state index is 0. The fraction of sp³-hybridized carbons (Fsp3) is 0.500. The van der Waals surface area contributed by atoms with E-state index >= 15 is 0 Å². The molecule has 130 valence electrons. The van der Waals surface area contributed by atoms with Crippen molar-refractivity contribution in [1.29, 1.82) is 0 Å². The van der Waals surface area contributed by atoms with E-state index in [0.29, 0.717) is 5.02 Å². The van der Waals surface area contributed by atoms with Crippen molar-refractivity contribution in [2.45, 2.75) is 31.7 Å². The van der Waals surface area contributed by atoms with Crippen molar-refractivity contribution in [3.8, 4) is 0 Å². The molecule has 1 atom stereocenters. The number of aromatic nitrogens is 2. The average molecular weight is 370 g/mol. The summed E-state index contributed by atoms with van der Waals surface area (Å²) in [5, 5.41) is 4.48. The number of rotatable bonds is 3. The number of aromatic amines is 1. The topological polar surface area (TPSA) is 87.0 Å². The number of piperidine rings is 1. The van der Waals surface area contributed by atoms with E-state index in [-0.39, 0.29) is 30.3 Å². The van der Waals surface area contributed by atoms with Crippen LogP contribution in [-0.4, -0.2) is 35.0 Å². The number of fused-ring (bicyclic) bond motifs is 1. The number of H-pyrrole nitrogens is 1. The van der Waals surface area contributed by atoms with Crippen LogP contribution in [0.1, 0.15) is 25.7 Å². The lowest BCUT2D eigenvalue weighted by molar-refractivity contribution is -0.117. The van der Waals surface area contributed by atoms with Gasteiger partial charge in [0.05, 0.1) is 28.0 Å². The maximum atomic E-state index is 12.1. The fourth-order valence-electron chi connectivity index (χ4n) is 3.26. The lowest BCUT2D eigenvalue weighted by atomic mass is 10.1. The van der Waals surface area contributed by atoms with Gasteiger partial charge in [0.15, 0.2) is 0 Å². The third-order valence-electron chi connectivity index (χ3n) is 4.61. The second-order valence-corrected chi connectivity index (χ2v) is 6.90. The van der Waals surface area contributed by atoms with Crippen LogP contribution in [0.3, 0.4) is 0 Å². The maximum Gasteiger partial charge on any atom is 0.227 e. The number of nitrogens with two attached hydrogens (primary N) is 1. The molecule has 3 heterocycles. The molecule has 1 aliphatic carbocycles. The van der Waals surface area contributed by atoms with Crippen LogP contribution in [0.25, 0.3) is 11.0 Å². The molecule has 1 amide bonds. The number of carbonyl (C=O) groups excluding carboxylic acids is 1. The van der Waals surface area contributed by atoms with Crippen LogP contribution in [0.15, 0.2) is 12.4 Å². The first-order valence-corrected chi connectivity index (χ1v) is 8.48. The van der Waals surface area contributed by atoms with Gasteiger partial charge in [0, 0.05) is 31.2 Å². The Morgan fingerprint density at radius 2 is 2.21 bits per heavy atom. The molecule has 6 nitrogen and oxygen atoms in total. The molecule has 0 aromatic carbocycles. The van der Waals surface area contributed by atoms with E-state index in [1.165, 1.54) is 0 Å². The maximum absolute atomic E-state index is 12.1. The van der Waals surface area contributed by atoms with Gasteiger partial charge in [-0.15, -0.1) is 12.4 Å². The number of hydrogen-bond acceptors (Lipinski definition) is 4. The van der Waals surface area contributed by atoms with Gasteiger partial charge < -0.3 is 20.9 Å². The van der Waals surface area contributed by atoms with Gasteiger partial charge in [0.1, 0.15) is 5.65 Å². The lowest BCUT2D eigenvalue weighted by Gasteiger charge is -2.33. The second kappa shape index (κ2) is 6.78. The minimum Gasteiger partial charge on any atom is -0.368 e. The molecule has 4 N–H and O–H groups in total. The molecule has 1 saturated heterocycles. The van der Waals surface area contributed by atoms with Crippen LogP contribution < -0.4 is 16.0 Å². The zero-order valence-corrected chi connectivity index (χ0v) is 14.8. The summed E-state index contributed by atoms with van der Waals surface area (Å²) in [4.78, 5) is 21.8. The van der Waals surface area contributed by atoms with Crippen molar-refractivity contribution in [2.75, 3.05) is 23.3 Å². The number of amides is 1. The Hall–Kier alpha value is -1.50. The zero-order chi connectivity index (χ0) is 16.0. The molecule has 4 rings (SSSR count). The Bertz CT molecular complexity index is 758. The molecule has 0 spiro atoms. The first-order valence-electron chi connectivity index (χ1n) is 8.10. The molecule has 24 heavy (non-hydrogen) atoms. The van der Waals surface area contributed by atoms with Crippen molar-refractivity contribution in [3.63, 3.8) is 0 Å². The summed E-state index contributed by atoms with van der Waals surface area (Å²) in [7, 11) is 0. The quantitative estimate of drug-likeness (QED) is 0.775. The molecule has 0 bridgehead atoms. The fourth-order valence-corrected chi connectivity index (χ4v) is 3.52. The molecule has 2 aromatic heterocycles. The Kier molecular flexibility index (Phi) is 4.90. The van der Waals surface area contributed by atoms with Crippen LogP contribution in [0, 0.1) is 5.92 Å². The van der Waals surface area contributed by atoms with Gasteiger partial charge in [-0.2, -0.15) is 0 Å². The molecular weight excluding hydrogens is 349 g/mol. The summed E-state index contributed by atoms with van der Waals surface area (Å²) in [6, 6.07) is 0.145. The smallest absolute Gasteiger partial charge is 0.227 e. The Labute approximate surface area is 151 Å². The minimum absolute atomic E-state index is 0. The van der Waals surface area contributed by atoms with Crippen molar-refractivity contribution in [2.24, 2.45) is 11.7 Å². The molecule has 2 fully saturated rings. The highest BCUT2D eigenvalue weighted by Gasteiger charge is 2.31. The zero-order valence-electron chi connectivity index (χ0n) is 13.2. The number of anilines is 2. The molecule has 2 aliphatic rings. The monoisotopic (exact) mass is 369 g/mol. The summed E-state index contributed by atoms with van der Waals surface area (Å²) >= 11 is 6.45. The SMILES string of the molecule is Cl.NC1CCCN(c2c(Cl)cnc3[nH]cc(NC(=O)C4CC4)c23)C1. The first kappa shape index (κ1) is 17.3. The predicted octanol–water partition coefficient (Wildman–Crippen LogP) is 2.91. The van der Waals surface area contributed by atoms with E-state index in [9.17, 15) is 4.79 Å². The van der Waals surface area contributed by atoms with Crippen LogP contribution in [0.5, 0.6) is 0 Å². The molecule has 1 unspecified atom stereocenters.